The Bertz CT molecular complexity index is 608. The van der Waals surface area contributed by atoms with Gasteiger partial charge < -0.3 is 24.1 Å². The Morgan fingerprint density at radius 2 is 2.08 bits per heavy atom. The highest BCUT2D eigenvalue weighted by atomic mass is 32.1. The fraction of sp³-hybridized carbons (Fsp3) is 0.588. The summed E-state index contributed by atoms with van der Waals surface area (Å²) in [5, 5.41) is 3.37. The van der Waals surface area contributed by atoms with E-state index in [4.69, 9.17) is 21.4 Å². The van der Waals surface area contributed by atoms with Gasteiger partial charge in [-0.05, 0) is 30.8 Å². The van der Waals surface area contributed by atoms with Crippen molar-refractivity contribution in [1.29, 1.82) is 0 Å². The molecule has 0 amide bonds. The summed E-state index contributed by atoms with van der Waals surface area (Å²) in [5.74, 6) is -0.119. The number of nitrogens with zero attached hydrogens (tertiary/aromatic N) is 2. The zero-order chi connectivity index (χ0) is 18.9. The number of furan rings is 1. The largest absolute Gasteiger partial charge is 0.469 e. The van der Waals surface area contributed by atoms with E-state index < -0.39 is 18.0 Å². The summed E-state index contributed by atoms with van der Waals surface area (Å²) in [5.41, 5.74) is 0. The molecule has 1 unspecified atom stereocenters. The second-order valence-electron chi connectivity index (χ2n) is 6.00. The first kappa shape index (κ1) is 20.2. The van der Waals surface area contributed by atoms with Crippen LogP contribution in [0.25, 0.3) is 0 Å². The van der Waals surface area contributed by atoms with Gasteiger partial charge >= 0.3 is 11.9 Å². The van der Waals surface area contributed by atoms with Crippen molar-refractivity contribution in [2.24, 2.45) is 0 Å². The molecule has 9 heteroatoms. The van der Waals surface area contributed by atoms with Crippen molar-refractivity contribution in [1.82, 2.24) is 15.1 Å². The first-order valence-corrected chi connectivity index (χ1v) is 8.89. The van der Waals surface area contributed by atoms with Gasteiger partial charge in [0.2, 0.25) is 0 Å². The fourth-order valence-corrected chi connectivity index (χ4v) is 3.11. The summed E-state index contributed by atoms with van der Waals surface area (Å²) in [6, 6.07) is 2.98. The van der Waals surface area contributed by atoms with Crippen molar-refractivity contribution in [3.05, 3.63) is 24.2 Å². The number of carbonyl (C=O) groups excluding carboxylic acids is 2. The van der Waals surface area contributed by atoms with Gasteiger partial charge in [-0.25, -0.2) is 4.79 Å². The van der Waals surface area contributed by atoms with Crippen LogP contribution in [0.15, 0.2) is 22.8 Å². The molecule has 1 aromatic rings. The van der Waals surface area contributed by atoms with E-state index in [0.717, 1.165) is 44.9 Å². The van der Waals surface area contributed by atoms with Crippen LogP contribution in [0, 0.1) is 0 Å². The van der Waals surface area contributed by atoms with Gasteiger partial charge in [0.1, 0.15) is 11.8 Å². The standard InChI is InChI=1S/C17H25N3O5S/c1-23-15(21)11-14(16(22)24-2)18-17(26)20-7-4-6-19(8-9-20)12-13-5-3-10-25-13/h3,5,10,14H,4,6-9,11-12H2,1-2H3,(H,18,26). The molecule has 26 heavy (non-hydrogen) atoms. The first-order valence-electron chi connectivity index (χ1n) is 8.48. The molecule has 2 heterocycles. The maximum atomic E-state index is 11.9. The number of thiocarbonyl (C=S) groups is 1. The average Bonchev–Trinajstić information content (AvgIpc) is 3.04. The van der Waals surface area contributed by atoms with Gasteiger partial charge in [0.15, 0.2) is 5.11 Å². The first-order chi connectivity index (χ1) is 12.5. The fourth-order valence-electron chi connectivity index (χ4n) is 2.78. The average molecular weight is 383 g/mol. The van der Waals surface area contributed by atoms with Crippen molar-refractivity contribution in [3.63, 3.8) is 0 Å². The molecule has 1 atom stereocenters. The van der Waals surface area contributed by atoms with Crippen LogP contribution < -0.4 is 5.32 Å². The van der Waals surface area contributed by atoms with Crippen LogP contribution >= 0.6 is 12.2 Å². The number of rotatable bonds is 6. The van der Waals surface area contributed by atoms with Crippen LogP contribution in [0.1, 0.15) is 18.6 Å². The highest BCUT2D eigenvalue weighted by molar-refractivity contribution is 7.80. The number of methoxy groups -OCH3 is 2. The maximum Gasteiger partial charge on any atom is 0.328 e. The summed E-state index contributed by atoms with van der Waals surface area (Å²) in [7, 11) is 2.55. The van der Waals surface area contributed by atoms with Crippen molar-refractivity contribution in [2.45, 2.75) is 25.4 Å². The van der Waals surface area contributed by atoms with Gasteiger partial charge in [-0.1, -0.05) is 0 Å². The van der Waals surface area contributed by atoms with E-state index in [2.05, 4.69) is 15.0 Å². The second kappa shape index (κ2) is 10.1. The van der Waals surface area contributed by atoms with Gasteiger partial charge in [-0.3, -0.25) is 9.69 Å². The lowest BCUT2D eigenvalue weighted by atomic mass is 10.2. The minimum Gasteiger partial charge on any atom is -0.469 e. The maximum absolute atomic E-state index is 11.9. The van der Waals surface area contributed by atoms with Gasteiger partial charge in [0.05, 0.1) is 33.4 Å². The lowest BCUT2D eigenvalue weighted by molar-refractivity contribution is -0.149. The highest BCUT2D eigenvalue weighted by Crippen LogP contribution is 2.10. The number of hydrogen-bond donors (Lipinski definition) is 1. The summed E-state index contributed by atoms with van der Waals surface area (Å²) in [6.07, 6.45) is 2.47. The minimum absolute atomic E-state index is 0.137. The van der Waals surface area contributed by atoms with E-state index in [-0.39, 0.29) is 6.42 Å². The predicted molar refractivity (Wildman–Crippen MR) is 98.3 cm³/mol. The van der Waals surface area contributed by atoms with E-state index in [1.807, 2.05) is 17.0 Å². The normalized spacial score (nSPS) is 16.5. The molecule has 8 nitrogen and oxygen atoms in total. The topological polar surface area (TPSA) is 84.3 Å². The summed E-state index contributed by atoms with van der Waals surface area (Å²) >= 11 is 5.44. The zero-order valence-electron chi connectivity index (χ0n) is 15.1. The Balaban J connectivity index is 1.89. The molecule has 0 aliphatic carbocycles. The SMILES string of the molecule is COC(=O)CC(NC(=S)N1CCCN(Cc2ccco2)CC1)C(=O)OC. The van der Waals surface area contributed by atoms with E-state index in [0.29, 0.717) is 5.11 Å². The molecule has 0 radical (unpaired) electrons. The molecular weight excluding hydrogens is 358 g/mol. The van der Waals surface area contributed by atoms with Crippen molar-refractivity contribution >= 4 is 29.3 Å². The molecule has 0 saturated carbocycles. The van der Waals surface area contributed by atoms with E-state index in [1.54, 1.807) is 6.26 Å². The van der Waals surface area contributed by atoms with Crippen LogP contribution in [0.3, 0.4) is 0 Å². The zero-order valence-corrected chi connectivity index (χ0v) is 15.9. The van der Waals surface area contributed by atoms with Crippen LogP contribution in [0.4, 0.5) is 0 Å². The van der Waals surface area contributed by atoms with E-state index in [9.17, 15) is 9.59 Å². The van der Waals surface area contributed by atoms with E-state index in [1.165, 1.54) is 14.2 Å². The quantitative estimate of drug-likeness (QED) is 0.565. The number of hydrogen-bond acceptors (Lipinski definition) is 7. The van der Waals surface area contributed by atoms with Crippen LogP contribution in [0.2, 0.25) is 0 Å². The summed E-state index contributed by atoms with van der Waals surface area (Å²) < 4.78 is 14.8. The van der Waals surface area contributed by atoms with Crippen molar-refractivity contribution in [3.8, 4) is 0 Å². The van der Waals surface area contributed by atoms with Crippen LogP contribution in [-0.2, 0) is 25.6 Å². The van der Waals surface area contributed by atoms with Crippen LogP contribution in [-0.4, -0.2) is 73.3 Å². The molecular formula is C17H25N3O5S. The molecule has 1 aromatic heterocycles. The molecule has 1 N–H and O–H groups in total. The molecule has 0 spiro atoms. The molecule has 2 rings (SSSR count). The third kappa shape index (κ3) is 5.99. The molecule has 144 valence electrons. The van der Waals surface area contributed by atoms with Gasteiger partial charge in [0.25, 0.3) is 0 Å². The minimum atomic E-state index is -0.859. The Hall–Kier alpha value is -2.13. The van der Waals surface area contributed by atoms with Gasteiger partial charge in [-0.15, -0.1) is 0 Å². The Morgan fingerprint density at radius 1 is 1.27 bits per heavy atom. The predicted octanol–water partition coefficient (Wildman–Crippen LogP) is 0.767. The van der Waals surface area contributed by atoms with E-state index >= 15 is 0 Å². The Kier molecular flexibility index (Phi) is 7.86. The molecule has 1 aliphatic heterocycles. The summed E-state index contributed by atoms with van der Waals surface area (Å²) in [4.78, 5) is 27.7. The lowest BCUT2D eigenvalue weighted by Crippen LogP contribution is -2.49. The van der Waals surface area contributed by atoms with Gasteiger partial charge in [0, 0.05) is 26.2 Å². The number of nitrogens with one attached hydrogen (secondary N) is 1. The smallest absolute Gasteiger partial charge is 0.328 e. The number of esters is 2. The Morgan fingerprint density at radius 3 is 2.73 bits per heavy atom. The van der Waals surface area contributed by atoms with Crippen molar-refractivity contribution < 1.29 is 23.5 Å². The number of carbonyl (C=O) groups is 2. The lowest BCUT2D eigenvalue weighted by Gasteiger charge is -2.27. The third-order valence-corrected chi connectivity index (χ3v) is 4.59. The third-order valence-electron chi connectivity index (χ3n) is 4.22. The monoisotopic (exact) mass is 383 g/mol. The molecule has 1 saturated heterocycles. The van der Waals surface area contributed by atoms with Crippen molar-refractivity contribution in [2.75, 3.05) is 40.4 Å². The Labute approximate surface area is 158 Å². The van der Waals surface area contributed by atoms with Gasteiger partial charge in [-0.2, -0.15) is 0 Å². The molecule has 1 aliphatic rings. The second-order valence-corrected chi connectivity index (χ2v) is 6.39. The molecule has 0 bridgehead atoms. The highest BCUT2D eigenvalue weighted by Gasteiger charge is 2.26. The molecule has 0 aromatic carbocycles. The summed E-state index contributed by atoms with van der Waals surface area (Å²) in [6.45, 7) is 4.00. The molecule has 1 fully saturated rings. The number of ether oxygens (including phenoxy) is 2. The van der Waals surface area contributed by atoms with Crippen LogP contribution in [0.5, 0.6) is 0 Å².